The van der Waals surface area contributed by atoms with Crippen molar-refractivity contribution in [2.45, 2.75) is 67.5 Å². The van der Waals surface area contributed by atoms with Gasteiger partial charge in [-0.2, -0.15) is 0 Å². The van der Waals surface area contributed by atoms with Gasteiger partial charge in [0.15, 0.2) is 0 Å². The van der Waals surface area contributed by atoms with Crippen molar-refractivity contribution >= 4 is 9.04 Å². The van der Waals surface area contributed by atoms with Crippen LogP contribution in [0.25, 0.3) is 0 Å². The lowest BCUT2D eigenvalue weighted by Crippen LogP contribution is -2.27. The molecule has 2 atom stereocenters. The standard InChI is InChI=1S/C18H33OSi/c1-10-15(17(2,3)4)14-16(18(5,6)7)12-11-13-19-20(8)9/h10,15-16H,1,12,14H2,2-9H3/t15-,16+/m1/s1. The maximum absolute atomic E-state index is 5.42. The molecular weight excluding hydrogens is 260 g/mol. The normalized spacial score (nSPS) is 15.2. The van der Waals surface area contributed by atoms with Gasteiger partial charge in [-0.25, -0.2) is 0 Å². The fourth-order valence-electron chi connectivity index (χ4n) is 2.16. The Hall–Kier alpha value is -0.683. The fraction of sp³-hybridized carbons (Fsp3) is 0.778. The van der Waals surface area contributed by atoms with Crippen LogP contribution in [-0.2, 0) is 4.43 Å². The highest BCUT2D eigenvalue weighted by atomic mass is 28.3. The Labute approximate surface area is 128 Å². The van der Waals surface area contributed by atoms with Crippen molar-refractivity contribution in [3.8, 4) is 12.0 Å². The van der Waals surface area contributed by atoms with Crippen molar-refractivity contribution in [1.82, 2.24) is 0 Å². The Bertz CT molecular complexity index is 346. The van der Waals surface area contributed by atoms with Crippen LogP contribution < -0.4 is 0 Å². The first-order valence-electron chi connectivity index (χ1n) is 7.56. The molecule has 1 nitrogen and oxygen atoms in total. The third-order valence-corrected chi connectivity index (χ3v) is 4.35. The quantitative estimate of drug-likeness (QED) is 0.369. The highest BCUT2D eigenvalue weighted by Crippen LogP contribution is 2.39. The van der Waals surface area contributed by atoms with Gasteiger partial charge in [0.1, 0.15) is 0 Å². The molecule has 0 aliphatic carbocycles. The van der Waals surface area contributed by atoms with Crippen molar-refractivity contribution in [2.75, 3.05) is 0 Å². The molecule has 115 valence electrons. The summed E-state index contributed by atoms with van der Waals surface area (Å²) in [7, 11) is -0.707. The summed E-state index contributed by atoms with van der Waals surface area (Å²) < 4.78 is 5.42. The van der Waals surface area contributed by atoms with Crippen LogP contribution in [0.2, 0.25) is 13.1 Å². The van der Waals surface area contributed by atoms with Gasteiger partial charge in [-0.1, -0.05) is 53.5 Å². The molecule has 0 spiro atoms. The first kappa shape index (κ1) is 19.3. The van der Waals surface area contributed by atoms with E-state index in [1.165, 1.54) is 0 Å². The van der Waals surface area contributed by atoms with Gasteiger partial charge in [-0.15, -0.1) is 6.58 Å². The monoisotopic (exact) mass is 293 g/mol. The van der Waals surface area contributed by atoms with E-state index in [2.05, 4.69) is 79.3 Å². The van der Waals surface area contributed by atoms with E-state index >= 15 is 0 Å². The summed E-state index contributed by atoms with van der Waals surface area (Å²) in [5.41, 5.74) is 0.519. The summed E-state index contributed by atoms with van der Waals surface area (Å²) >= 11 is 0. The molecule has 0 aromatic carbocycles. The summed E-state index contributed by atoms with van der Waals surface area (Å²) in [6.07, 6.45) is 7.04. The molecular formula is C18H33OSi. The second-order valence-electron chi connectivity index (χ2n) is 8.00. The smallest absolute Gasteiger partial charge is 0.289 e. The molecule has 0 aliphatic rings. The van der Waals surface area contributed by atoms with E-state index in [1.54, 1.807) is 0 Å². The highest BCUT2D eigenvalue weighted by molar-refractivity contribution is 6.48. The third kappa shape index (κ3) is 7.80. The second kappa shape index (κ2) is 7.93. The average molecular weight is 294 g/mol. The molecule has 0 aliphatic heterocycles. The lowest BCUT2D eigenvalue weighted by Gasteiger charge is -2.36. The molecule has 0 N–H and O–H groups in total. The first-order chi connectivity index (χ1) is 8.98. The van der Waals surface area contributed by atoms with Crippen molar-refractivity contribution in [3.63, 3.8) is 0 Å². The Morgan fingerprint density at radius 3 is 2.00 bits per heavy atom. The molecule has 0 amide bonds. The number of hydrogen-bond acceptors (Lipinski definition) is 1. The third-order valence-electron chi connectivity index (χ3n) is 3.84. The maximum atomic E-state index is 5.42. The molecule has 0 saturated heterocycles. The van der Waals surface area contributed by atoms with E-state index in [9.17, 15) is 0 Å². The van der Waals surface area contributed by atoms with Crippen LogP contribution in [0.4, 0.5) is 0 Å². The first-order valence-corrected chi connectivity index (χ1v) is 9.96. The zero-order valence-electron chi connectivity index (χ0n) is 14.8. The van der Waals surface area contributed by atoms with E-state index in [0.717, 1.165) is 12.8 Å². The summed E-state index contributed by atoms with van der Waals surface area (Å²) in [4.78, 5) is 0. The molecule has 0 aromatic heterocycles. The summed E-state index contributed by atoms with van der Waals surface area (Å²) in [6, 6.07) is 0. The number of hydrogen-bond donors (Lipinski definition) is 0. The van der Waals surface area contributed by atoms with E-state index in [0.29, 0.717) is 11.8 Å². The van der Waals surface area contributed by atoms with Gasteiger partial charge in [0.2, 0.25) is 0 Å². The minimum atomic E-state index is -0.707. The zero-order chi connectivity index (χ0) is 16.0. The Morgan fingerprint density at radius 1 is 1.10 bits per heavy atom. The molecule has 20 heavy (non-hydrogen) atoms. The average Bonchev–Trinajstić information content (AvgIpc) is 2.24. The van der Waals surface area contributed by atoms with Gasteiger partial charge < -0.3 is 4.43 Å². The van der Waals surface area contributed by atoms with Crippen molar-refractivity contribution in [1.29, 1.82) is 0 Å². The van der Waals surface area contributed by atoms with Crippen molar-refractivity contribution < 1.29 is 4.43 Å². The predicted molar refractivity (Wildman–Crippen MR) is 91.7 cm³/mol. The largest absolute Gasteiger partial charge is 0.500 e. The van der Waals surface area contributed by atoms with Crippen LogP contribution >= 0.6 is 0 Å². The molecule has 0 fully saturated rings. The minimum absolute atomic E-state index is 0.257. The van der Waals surface area contributed by atoms with E-state index in [4.69, 9.17) is 4.43 Å². The van der Waals surface area contributed by atoms with Crippen LogP contribution in [0.1, 0.15) is 54.4 Å². The lowest BCUT2D eigenvalue weighted by atomic mass is 9.68. The summed E-state index contributed by atoms with van der Waals surface area (Å²) in [5.74, 6) is 4.30. The maximum Gasteiger partial charge on any atom is 0.289 e. The zero-order valence-corrected chi connectivity index (χ0v) is 15.8. The van der Waals surface area contributed by atoms with Gasteiger partial charge >= 0.3 is 0 Å². The lowest BCUT2D eigenvalue weighted by molar-refractivity contribution is 0.163. The SMILES string of the molecule is C=C[C@H](C[C@H](CC#CO[Si](C)C)C(C)(C)C)C(C)(C)C. The molecule has 2 heteroatoms. The number of rotatable bonds is 5. The minimum Gasteiger partial charge on any atom is -0.500 e. The highest BCUT2D eigenvalue weighted by Gasteiger charge is 2.30. The van der Waals surface area contributed by atoms with Crippen LogP contribution in [0.3, 0.4) is 0 Å². The van der Waals surface area contributed by atoms with E-state index < -0.39 is 9.04 Å². The Morgan fingerprint density at radius 2 is 1.65 bits per heavy atom. The predicted octanol–water partition coefficient (Wildman–Crippen LogP) is 5.51. The molecule has 0 heterocycles. The van der Waals surface area contributed by atoms with E-state index in [1.807, 2.05) is 0 Å². The van der Waals surface area contributed by atoms with Gasteiger partial charge in [-0.3, -0.25) is 0 Å². The fourth-order valence-corrected chi connectivity index (χ4v) is 2.43. The number of allylic oxidation sites excluding steroid dienone is 1. The van der Waals surface area contributed by atoms with Crippen molar-refractivity contribution in [2.24, 2.45) is 22.7 Å². The van der Waals surface area contributed by atoms with Gasteiger partial charge in [0.05, 0.1) is 6.11 Å². The van der Waals surface area contributed by atoms with Gasteiger partial charge in [0, 0.05) is 6.42 Å². The molecule has 0 saturated carbocycles. The van der Waals surface area contributed by atoms with E-state index in [-0.39, 0.29) is 10.8 Å². The Kier molecular flexibility index (Phi) is 7.66. The molecule has 0 rings (SSSR count). The molecule has 0 aromatic rings. The topological polar surface area (TPSA) is 9.23 Å². The van der Waals surface area contributed by atoms with Crippen LogP contribution in [0, 0.1) is 34.7 Å². The summed E-state index contributed by atoms with van der Waals surface area (Å²) in [5, 5.41) is 0. The van der Waals surface area contributed by atoms with Gasteiger partial charge in [-0.05, 0) is 42.2 Å². The van der Waals surface area contributed by atoms with Gasteiger partial charge in [0.25, 0.3) is 9.04 Å². The van der Waals surface area contributed by atoms with Crippen molar-refractivity contribution in [3.05, 3.63) is 12.7 Å². The molecule has 0 unspecified atom stereocenters. The van der Waals surface area contributed by atoms with Crippen LogP contribution in [-0.4, -0.2) is 9.04 Å². The second-order valence-corrected chi connectivity index (χ2v) is 10.0. The van der Waals surface area contributed by atoms with Crippen LogP contribution in [0.15, 0.2) is 12.7 Å². The summed E-state index contributed by atoms with van der Waals surface area (Å²) in [6.45, 7) is 22.0. The van der Waals surface area contributed by atoms with Crippen LogP contribution in [0.5, 0.6) is 0 Å². The Balaban J connectivity index is 4.81. The molecule has 1 radical (unpaired) electrons. The molecule has 0 bridgehead atoms.